The van der Waals surface area contributed by atoms with E-state index in [4.69, 9.17) is 5.11 Å². The number of hydrogen-bond donors (Lipinski definition) is 3. The molecule has 40 heavy (non-hydrogen) atoms. The largest absolute Gasteiger partial charge is 0.505 e. The lowest BCUT2D eigenvalue weighted by Gasteiger charge is -2.19. The molecule has 1 aliphatic heterocycles. The number of nitrogens with one attached hydrogen (secondary N) is 1. The minimum Gasteiger partial charge on any atom is -0.505 e. The van der Waals surface area contributed by atoms with Crippen LogP contribution in [0.5, 0.6) is 5.75 Å². The standard InChI is InChI=1S/C30H22F3N3O4/c1-16-6-12-21(14-17(16)2)36-25-15-20(30(31,32)33)11-13-23(25)26(28(36)38)35-34-24-5-3-4-22(27(24)37)18-7-9-19(10-8-18)29(39)40/h3-15,34,37H,1-2H3,(H,39,40). The number of hydrazone groups is 1. The molecule has 0 radical (unpaired) electrons. The summed E-state index contributed by atoms with van der Waals surface area (Å²) in [5.41, 5.74) is 5.26. The Morgan fingerprint density at radius 3 is 2.27 bits per heavy atom. The van der Waals surface area contributed by atoms with E-state index in [2.05, 4.69) is 10.5 Å². The van der Waals surface area contributed by atoms with Gasteiger partial charge in [0.15, 0.2) is 5.71 Å². The minimum absolute atomic E-state index is 0.0418. The van der Waals surface area contributed by atoms with Crippen molar-refractivity contribution in [3.8, 4) is 16.9 Å². The predicted octanol–water partition coefficient (Wildman–Crippen LogP) is 6.89. The topological polar surface area (TPSA) is 102 Å². The number of aryl methyl sites for hydroxylation is 2. The maximum Gasteiger partial charge on any atom is 0.416 e. The zero-order valence-electron chi connectivity index (χ0n) is 21.2. The molecule has 0 aliphatic carbocycles. The first-order valence-corrected chi connectivity index (χ1v) is 12.1. The summed E-state index contributed by atoms with van der Waals surface area (Å²) in [5, 5.41) is 24.2. The number of rotatable bonds is 5. The van der Waals surface area contributed by atoms with E-state index in [0.717, 1.165) is 23.3 Å². The fraction of sp³-hybridized carbons (Fsp3) is 0.100. The van der Waals surface area contributed by atoms with Crippen molar-refractivity contribution in [1.82, 2.24) is 0 Å². The van der Waals surface area contributed by atoms with Crippen molar-refractivity contribution in [3.63, 3.8) is 0 Å². The van der Waals surface area contributed by atoms with E-state index in [9.17, 15) is 27.9 Å². The number of carbonyl (C=O) groups is 2. The molecule has 0 fully saturated rings. The van der Waals surface area contributed by atoms with Crippen molar-refractivity contribution in [2.24, 2.45) is 5.10 Å². The van der Waals surface area contributed by atoms with E-state index in [0.29, 0.717) is 16.8 Å². The van der Waals surface area contributed by atoms with E-state index < -0.39 is 23.6 Å². The molecular weight excluding hydrogens is 523 g/mol. The van der Waals surface area contributed by atoms with E-state index in [1.54, 1.807) is 42.5 Å². The summed E-state index contributed by atoms with van der Waals surface area (Å²) < 4.78 is 40.6. The number of phenols is 1. The van der Waals surface area contributed by atoms with Gasteiger partial charge in [-0.25, -0.2) is 4.79 Å². The molecule has 202 valence electrons. The van der Waals surface area contributed by atoms with Crippen LogP contribution in [0, 0.1) is 13.8 Å². The molecule has 0 spiro atoms. The van der Waals surface area contributed by atoms with Crippen molar-refractivity contribution in [2.45, 2.75) is 20.0 Å². The van der Waals surface area contributed by atoms with Crippen molar-refractivity contribution >= 4 is 34.7 Å². The Morgan fingerprint density at radius 2 is 1.62 bits per heavy atom. The number of para-hydroxylation sites is 1. The summed E-state index contributed by atoms with van der Waals surface area (Å²) >= 11 is 0. The number of aromatic carboxylic acids is 1. The lowest BCUT2D eigenvalue weighted by Crippen LogP contribution is -2.26. The van der Waals surface area contributed by atoms with Crippen LogP contribution in [-0.2, 0) is 11.0 Å². The number of hydrogen-bond acceptors (Lipinski definition) is 5. The maximum absolute atomic E-state index is 13.6. The summed E-state index contributed by atoms with van der Waals surface area (Å²) in [7, 11) is 0. The molecule has 0 bridgehead atoms. The number of nitrogens with zero attached hydrogens (tertiary/aromatic N) is 2. The molecule has 1 heterocycles. The fourth-order valence-corrected chi connectivity index (χ4v) is 4.43. The van der Waals surface area contributed by atoms with Crippen molar-refractivity contribution in [3.05, 3.63) is 107 Å². The molecule has 1 amide bonds. The average Bonchev–Trinajstić information content (AvgIpc) is 3.19. The number of carboxylic acids is 1. The smallest absolute Gasteiger partial charge is 0.416 e. The van der Waals surface area contributed by atoms with Gasteiger partial charge < -0.3 is 10.2 Å². The summed E-state index contributed by atoms with van der Waals surface area (Å²) in [4.78, 5) is 25.9. The van der Waals surface area contributed by atoms with Crippen LogP contribution in [0.3, 0.4) is 0 Å². The molecule has 0 saturated carbocycles. The zero-order valence-corrected chi connectivity index (χ0v) is 21.2. The number of fused-ring (bicyclic) bond motifs is 1. The van der Waals surface area contributed by atoms with Crippen LogP contribution in [0.2, 0.25) is 0 Å². The number of alkyl halides is 3. The van der Waals surface area contributed by atoms with Gasteiger partial charge in [-0.05, 0) is 79.1 Å². The first-order valence-electron chi connectivity index (χ1n) is 12.1. The number of phenolic OH excluding ortho intramolecular Hbond substituents is 1. The van der Waals surface area contributed by atoms with Gasteiger partial charge in [0, 0.05) is 16.8 Å². The molecule has 5 rings (SSSR count). The number of carboxylic acid groups (broad SMARTS) is 1. The van der Waals surface area contributed by atoms with Gasteiger partial charge in [-0.1, -0.05) is 30.3 Å². The maximum atomic E-state index is 13.6. The van der Waals surface area contributed by atoms with Gasteiger partial charge in [-0.2, -0.15) is 18.3 Å². The lowest BCUT2D eigenvalue weighted by atomic mass is 10.0. The average molecular weight is 546 g/mol. The van der Waals surface area contributed by atoms with Crippen molar-refractivity contribution in [1.29, 1.82) is 0 Å². The molecule has 0 aromatic heterocycles. The normalized spacial score (nSPS) is 14.0. The highest BCUT2D eigenvalue weighted by Gasteiger charge is 2.39. The van der Waals surface area contributed by atoms with Crippen LogP contribution in [0.4, 0.5) is 30.2 Å². The van der Waals surface area contributed by atoms with Crippen molar-refractivity contribution < 1.29 is 33.0 Å². The first kappa shape index (κ1) is 26.5. The molecule has 7 nitrogen and oxygen atoms in total. The lowest BCUT2D eigenvalue weighted by molar-refractivity contribution is -0.137. The van der Waals surface area contributed by atoms with Crippen LogP contribution in [0.25, 0.3) is 11.1 Å². The fourth-order valence-electron chi connectivity index (χ4n) is 4.43. The summed E-state index contributed by atoms with van der Waals surface area (Å²) in [6.07, 6.45) is -4.61. The third-order valence-electron chi connectivity index (χ3n) is 6.74. The third kappa shape index (κ3) is 4.75. The quantitative estimate of drug-likeness (QED) is 0.187. The van der Waals surface area contributed by atoms with Gasteiger partial charge in [0.05, 0.1) is 22.5 Å². The second-order valence-corrected chi connectivity index (χ2v) is 9.30. The number of aromatic hydroxyl groups is 1. The molecule has 4 aromatic rings. The second kappa shape index (κ2) is 9.88. The molecule has 0 unspecified atom stereocenters. The molecule has 10 heteroatoms. The number of carbonyl (C=O) groups excluding carboxylic acids is 1. The van der Waals surface area contributed by atoms with Crippen molar-refractivity contribution in [2.75, 3.05) is 10.3 Å². The summed E-state index contributed by atoms with van der Waals surface area (Å²) in [5.74, 6) is -1.93. The van der Waals surface area contributed by atoms with Crippen LogP contribution in [0.1, 0.15) is 32.6 Å². The Bertz CT molecular complexity index is 1700. The Hall–Kier alpha value is -5.12. The molecule has 1 aliphatic rings. The van der Waals surface area contributed by atoms with Gasteiger partial charge in [0.1, 0.15) is 5.75 Å². The molecule has 3 N–H and O–H groups in total. The van der Waals surface area contributed by atoms with Gasteiger partial charge in [-0.3, -0.25) is 15.1 Å². The van der Waals surface area contributed by atoms with Crippen LogP contribution < -0.4 is 10.3 Å². The highest BCUT2D eigenvalue weighted by molar-refractivity contribution is 6.55. The van der Waals surface area contributed by atoms with Gasteiger partial charge >= 0.3 is 12.1 Å². The minimum atomic E-state index is -4.61. The number of benzene rings is 4. The molecular formula is C30H22F3N3O4. The highest BCUT2D eigenvalue weighted by atomic mass is 19.4. The second-order valence-electron chi connectivity index (χ2n) is 9.30. The number of anilines is 3. The molecule has 0 atom stereocenters. The van der Waals surface area contributed by atoms with Gasteiger partial charge in [0.25, 0.3) is 5.91 Å². The van der Waals surface area contributed by atoms with Gasteiger partial charge in [-0.15, -0.1) is 0 Å². The Balaban J connectivity index is 1.55. The summed E-state index contributed by atoms with van der Waals surface area (Å²) in [6.45, 7) is 3.73. The van der Waals surface area contributed by atoms with Crippen LogP contribution >= 0.6 is 0 Å². The SMILES string of the molecule is Cc1ccc(N2C(=O)C(=NNc3cccc(-c4ccc(C(=O)O)cc4)c3O)c3ccc(C(F)(F)F)cc32)cc1C. The first-order chi connectivity index (χ1) is 19.0. The van der Waals surface area contributed by atoms with Crippen LogP contribution in [-0.4, -0.2) is 27.8 Å². The molecule has 4 aromatic carbocycles. The third-order valence-corrected chi connectivity index (χ3v) is 6.74. The van der Waals surface area contributed by atoms with E-state index in [1.165, 1.54) is 29.2 Å². The number of amides is 1. The van der Waals surface area contributed by atoms with E-state index >= 15 is 0 Å². The Labute approximate surface area is 226 Å². The predicted molar refractivity (Wildman–Crippen MR) is 145 cm³/mol. The molecule has 0 saturated heterocycles. The van der Waals surface area contributed by atoms with Gasteiger partial charge in [0.2, 0.25) is 0 Å². The van der Waals surface area contributed by atoms with E-state index in [-0.39, 0.29) is 34.0 Å². The van der Waals surface area contributed by atoms with E-state index in [1.807, 2.05) is 13.8 Å². The Kier molecular flexibility index (Phi) is 6.54. The van der Waals surface area contributed by atoms with Crippen LogP contribution in [0.15, 0.2) is 84.0 Å². The number of halogens is 3. The Morgan fingerprint density at radius 1 is 0.900 bits per heavy atom. The highest BCUT2D eigenvalue weighted by Crippen LogP contribution is 2.41. The summed E-state index contributed by atoms with van der Waals surface area (Å²) in [6, 6.07) is 18.9. The monoisotopic (exact) mass is 545 g/mol. The zero-order chi connectivity index (χ0) is 28.8.